The molecule has 0 atom stereocenters. The molecule has 7 nitrogen and oxygen atoms in total. The van der Waals surface area contributed by atoms with Gasteiger partial charge >= 0.3 is 0 Å². The number of ketones is 1. The van der Waals surface area contributed by atoms with Crippen molar-refractivity contribution in [2.75, 3.05) is 5.73 Å². The number of carbonyl (C=O) groups is 3. The molecular weight excluding hydrogens is 334 g/mol. The number of Topliss-reactive ketones (excluding diaryl/α,β-unsaturated/α-hetero) is 1. The Morgan fingerprint density at radius 2 is 1.77 bits per heavy atom. The van der Waals surface area contributed by atoms with Crippen LogP contribution in [0.1, 0.15) is 63.3 Å². The molecule has 1 aliphatic heterocycles. The average molecular weight is 351 g/mol. The Kier molecular flexibility index (Phi) is 3.21. The number of pyridine rings is 1. The highest BCUT2D eigenvalue weighted by Crippen LogP contribution is 2.37. The number of amides is 2. The second-order valence-electron chi connectivity index (χ2n) is 7.31. The Hall–Kier alpha value is -3.22. The van der Waals surface area contributed by atoms with E-state index < -0.39 is 17.4 Å². The summed E-state index contributed by atoms with van der Waals surface area (Å²) >= 11 is 0. The number of nitrogens with zero attached hydrogens (tertiary/aromatic N) is 1. The van der Waals surface area contributed by atoms with Gasteiger partial charge in [-0.05, 0) is 29.5 Å². The summed E-state index contributed by atoms with van der Waals surface area (Å²) < 4.78 is 1.16. The first-order valence-electron chi connectivity index (χ1n) is 8.30. The maximum atomic E-state index is 12.5. The highest BCUT2D eigenvalue weighted by atomic mass is 16.2. The quantitative estimate of drug-likeness (QED) is 0.757. The second-order valence-corrected chi connectivity index (χ2v) is 7.31. The van der Waals surface area contributed by atoms with E-state index in [2.05, 4.69) is 19.2 Å². The standard InChI is InChI=1S/C19H17N3O4/c1-19(2)6-5-13(23)10-7-9(3-4-12(10)19)22-14(24)8-11-15(16(22)20)18(26)21-17(11)25/h3-4,7-8H,5-6,20H2,1-2H3,(H,21,25,26). The van der Waals surface area contributed by atoms with Crippen LogP contribution in [0.25, 0.3) is 5.69 Å². The lowest BCUT2D eigenvalue weighted by Gasteiger charge is -2.32. The molecule has 1 aliphatic carbocycles. The lowest BCUT2D eigenvalue weighted by molar-refractivity contribution is 0.0878. The summed E-state index contributed by atoms with van der Waals surface area (Å²) in [4.78, 5) is 48.7. The van der Waals surface area contributed by atoms with Crippen LogP contribution in [-0.2, 0) is 5.41 Å². The lowest BCUT2D eigenvalue weighted by atomic mass is 9.72. The zero-order valence-corrected chi connectivity index (χ0v) is 14.4. The number of nitrogens with two attached hydrogens (primary N) is 1. The maximum Gasteiger partial charge on any atom is 0.262 e. The number of hydrogen-bond acceptors (Lipinski definition) is 5. The molecule has 0 spiro atoms. The fraction of sp³-hybridized carbons (Fsp3) is 0.263. The van der Waals surface area contributed by atoms with Crippen molar-refractivity contribution < 1.29 is 14.4 Å². The number of carbonyl (C=O) groups excluding carboxylic acids is 3. The highest BCUT2D eigenvalue weighted by molar-refractivity contribution is 6.23. The minimum Gasteiger partial charge on any atom is -0.384 e. The van der Waals surface area contributed by atoms with Gasteiger partial charge in [-0.25, -0.2) is 0 Å². The second kappa shape index (κ2) is 5.14. The first-order chi connectivity index (χ1) is 12.2. The van der Waals surface area contributed by atoms with E-state index >= 15 is 0 Å². The Morgan fingerprint density at radius 3 is 2.50 bits per heavy atom. The van der Waals surface area contributed by atoms with E-state index in [1.165, 1.54) is 0 Å². The molecule has 132 valence electrons. The van der Waals surface area contributed by atoms with Gasteiger partial charge in [-0.15, -0.1) is 0 Å². The van der Waals surface area contributed by atoms with E-state index in [4.69, 9.17) is 5.73 Å². The van der Waals surface area contributed by atoms with Crippen LogP contribution >= 0.6 is 0 Å². The van der Waals surface area contributed by atoms with Crippen molar-refractivity contribution in [3.05, 3.63) is 56.9 Å². The number of rotatable bonds is 1. The Morgan fingerprint density at radius 1 is 1.04 bits per heavy atom. The molecule has 2 aliphatic rings. The van der Waals surface area contributed by atoms with Crippen LogP contribution in [0.5, 0.6) is 0 Å². The largest absolute Gasteiger partial charge is 0.384 e. The summed E-state index contributed by atoms with van der Waals surface area (Å²) in [5.74, 6) is -1.37. The Labute approximate surface area is 148 Å². The molecule has 0 saturated heterocycles. The fourth-order valence-electron chi connectivity index (χ4n) is 3.73. The lowest BCUT2D eigenvalue weighted by Crippen LogP contribution is -2.28. The SMILES string of the molecule is CC1(C)CCC(=O)c2cc(-n3c(N)c4c(cc3=O)C(=O)NC4=O)ccc21. The maximum absolute atomic E-state index is 12.5. The summed E-state index contributed by atoms with van der Waals surface area (Å²) in [6, 6.07) is 6.26. The minimum atomic E-state index is -0.636. The number of benzene rings is 1. The van der Waals surface area contributed by atoms with Crippen molar-refractivity contribution in [2.45, 2.75) is 32.1 Å². The Balaban J connectivity index is 1.96. The average Bonchev–Trinajstić information content (AvgIpc) is 2.85. The van der Waals surface area contributed by atoms with Crippen molar-refractivity contribution >= 4 is 23.4 Å². The number of nitrogens with one attached hydrogen (secondary N) is 1. The predicted octanol–water partition coefficient (Wildman–Crippen LogP) is 1.56. The van der Waals surface area contributed by atoms with E-state index in [1.807, 2.05) is 6.07 Å². The van der Waals surface area contributed by atoms with Crippen LogP contribution in [0.15, 0.2) is 29.1 Å². The zero-order valence-electron chi connectivity index (χ0n) is 14.4. The molecule has 1 aromatic heterocycles. The number of imide groups is 1. The summed E-state index contributed by atoms with van der Waals surface area (Å²) in [5, 5.41) is 2.13. The van der Waals surface area contributed by atoms with Crippen LogP contribution in [0, 0.1) is 0 Å². The van der Waals surface area contributed by atoms with Gasteiger partial charge in [0.2, 0.25) is 0 Å². The molecule has 2 aromatic rings. The van der Waals surface area contributed by atoms with Gasteiger partial charge in [0, 0.05) is 18.1 Å². The van der Waals surface area contributed by atoms with Gasteiger partial charge in [0.1, 0.15) is 5.82 Å². The summed E-state index contributed by atoms with van der Waals surface area (Å²) in [5.41, 5.74) is 7.23. The molecular formula is C19H17N3O4. The molecule has 2 heterocycles. The number of fused-ring (bicyclic) bond motifs is 2. The topological polar surface area (TPSA) is 111 Å². The molecule has 0 saturated carbocycles. The summed E-state index contributed by atoms with van der Waals surface area (Å²) in [6.45, 7) is 4.15. The van der Waals surface area contributed by atoms with E-state index in [0.29, 0.717) is 17.7 Å². The van der Waals surface area contributed by atoms with Crippen LogP contribution < -0.4 is 16.6 Å². The van der Waals surface area contributed by atoms with E-state index in [0.717, 1.165) is 22.6 Å². The number of nitrogen functional groups attached to an aromatic ring is 1. The third-order valence-electron chi connectivity index (χ3n) is 5.22. The van der Waals surface area contributed by atoms with Gasteiger partial charge < -0.3 is 5.73 Å². The van der Waals surface area contributed by atoms with Gasteiger partial charge in [0.25, 0.3) is 17.4 Å². The smallest absolute Gasteiger partial charge is 0.262 e. The van der Waals surface area contributed by atoms with Gasteiger partial charge in [-0.3, -0.25) is 29.1 Å². The first-order valence-corrected chi connectivity index (χ1v) is 8.30. The van der Waals surface area contributed by atoms with Crippen molar-refractivity contribution in [2.24, 2.45) is 0 Å². The first kappa shape index (κ1) is 16.3. The number of aromatic nitrogens is 1. The van der Waals surface area contributed by atoms with Crippen LogP contribution in [0.4, 0.5) is 5.82 Å². The number of anilines is 1. The fourth-order valence-corrected chi connectivity index (χ4v) is 3.73. The molecule has 3 N–H and O–H groups in total. The van der Waals surface area contributed by atoms with Crippen molar-refractivity contribution in [1.29, 1.82) is 0 Å². The molecule has 0 unspecified atom stereocenters. The van der Waals surface area contributed by atoms with E-state index in [-0.39, 0.29) is 28.1 Å². The molecule has 2 amide bonds. The van der Waals surface area contributed by atoms with Crippen molar-refractivity contribution in [3.63, 3.8) is 0 Å². The monoisotopic (exact) mass is 351 g/mol. The van der Waals surface area contributed by atoms with E-state index in [1.54, 1.807) is 12.1 Å². The zero-order chi connectivity index (χ0) is 18.8. The van der Waals surface area contributed by atoms with Gasteiger partial charge in [0.15, 0.2) is 5.78 Å². The van der Waals surface area contributed by atoms with Gasteiger partial charge in [-0.2, -0.15) is 0 Å². The van der Waals surface area contributed by atoms with Crippen LogP contribution in [-0.4, -0.2) is 22.2 Å². The predicted molar refractivity (Wildman–Crippen MR) is 94.8 cm³/mol. The third-order valence-corrected chi connectivity index (χ3v) is 5.22. The molecule has 26 heavy (non-hydrogen) atoms. The minimum absolute atomic E-state index is 0.0148. The van der Waals surface area contributed by atoms with Crippen LogP contribution in [0.3, 0.4) is 0 Å². The molecule has 0 fully saturated rings. The highest BCUT2D eigenvalue weighted by Gasteiger charge is 2.34. The third kappa shape index (κ3) is 2.13. The number of hydrogen-bond donors (Lipinski definition) is 2. The molecule has 4 rings (SSSR count). The van der Waals surface area contributed by atoms with Crippen molar-refractivity contribution in [1.82, 2.24) is 9.88 Å². The summed E-state index contributed by atoms with van der Waals surface area (Å²) in [7, 11) is 0. The van der Waals surface area contributed by atoms with Gasteiger partial charge in [0.05, 0.1) is 16.8 Å². The summed E-state index contributed by atoms with van der Waals surface area (Å²) in [6.07, 6.45) is 1.20. The van der Waals surface area contributed by atoms with Crippen molar-refractivity contribution in [3.8, 4) is 5.69 Å². The normalized spacial score (nSPS) is 17.7. The Bertz CT molecular complexity index is 1080. The van der Waals surface area contributed by atoms with E-state index in [9.17, 15) is 19.2 Å². The molecule has 7 heteroatoms. The van der Waals surface area contributed by atoms with Gasteiger partial charge in [-0.1, -0.05) is 19.9 Å². The molecule has 0 bridgehead atoms. The van der Waals surface area contributed by atoms with Crippen LogP contribution in [0.2, 0.25) is 0 Å². The molecule has 1 aromatic carbocycles. The molecule has 0 radical (unpaired) electrons.